The number of nitrogens with zero attached hydrogens (tertiary/aromatic N) is 2. The van der Waals surface area contributed by atoms with Crippen molar-refractivity contribution < 1.29 is 61.4 Å². The van der Waals surface area contributed by atoms with Crippen molar-refractivity contribution in [2.24, 2.45) is 0 Å². The largest absolute Gasteiger partial charge is 0.490 e. The molecule has 0 aromatic carbocycles. The van der Waals surface area contributed by atoms with Gasteiger partial charge in [0.1, 0.15) is 24.1 Å². The number of rotatable bonds is 9. The highest BCUT2D eigenvalue weighted by Gasteiger charge is 2.46. The molecule has 0 amide bonds. The van der Waals surface area contributed by atoms with E-state index in [-0.39, 0.29) is 5.82 Å². The van der Waals surface area contributed by atoms with E-state index in [1.165, 1.54) is 6.20 Å². The minimum Gasteiger partial charge on any atom is -0.387 e. The Bertz CT molecular complexity index is 1010. The summed E-state index contributed by atoms with van der Waals surface area (Å²) >= 11 is 0. The lowest BCUT2D eigenvalue weighted by Crippen LogP contribution is -2.36. The van der Waals surface area contributed by atoms with Crippen LogP contribution in [0.4, 0.5) is 5.82 Å². The van der Waals surface area contributed by atoms with Gasteiger partial charge in [0, 0.05) is 11.8 Å². The fraction of sp³-hybridized carbons (Fsp3) is 0.636. The molecule has 0 aliphatic carbocycles. The van der Waals surface area contributed by atoms with E-state index in [0.717, 1.165) is 4.57 Å². The Kier molecular flexibility index (Phi) is 7.99. The number of aliphatic hydroxyl groups excluding tert-OH is 2. The quantitative estimate of drug-likeness (QED) is 0.183. The molecule has 1 aliphatic heterocycles. The van der Waals surface area contributed by atoms with E-state index in [1.54, 1.807) is 6.92 Å². The summed E-state index contributed by atoms with van der Waals surface area (Å²) in [5.74, 6) is -0.0407. The first-order valence-corrected chi connectivity index (χ1v) is 12.7. The van der Waals surface area contributed by atoms with Gasteiger partial charge in [0.25, 0.3) is 0 Å². The van der Waals surface area contributed by atoms with E-state index in [1.807, 2.05) is 0 Å². The third-order valence-corrected chi connectivity index (χ3v) is 7.67. The van der Waals surface area contributed by atoms with Gasteiger partial charge in [-0.25, -0.2) is 18.5 Å². The number of ether oxygens (including phenoxy) is 1. The van der Waals surface area contributed by atoms with Crippen molar-refractivity contribution in [2.75, 3.05) is 12.3 Å². The molecule has 1 fully saturated rings. The zero-order valence-corrected chi connectivity index (χ0v) is 18.2. The Morgan fingerprint density at radius 2 is 1.74 bits per heavy atom. The molecule has 178 valence electrons. The van der Waals surface area contributed by atoms with E-state index in [4.69, 9.17) is 25.2 Å². The molecule has 0 bridgehead atoms. The van der Waals surface area contributed by atoms with Gasteiger partial charge >= 0.3 is 29.2 Å². The first-order chi connectivity index (χ1) is 14.1. The number of phosphoric acid groups is 3. The van der Waals surface area contributed by atoms with E-state index in [9.17, 15) is 33.6 Å². The van der Waals surface area contributed by atoms with Crippen LogP contribution in [0.1, 0.15) is 18.7 Å². The average molecular weight is 511 g/mol. The Balaban J connectivity index is 2.11. The van der Waals surface area contributed by atoms with Crippen LogP contribution in [0.5, 0.6) is 0 Å². The first kappa shape index (κ1) is 26.2. The van der Waals surface area contributed by atoms with Crippen molar-refractivity contribution >= 4 is 29.3 Å². The molecule has 1 saturated heterocycles. The van der Waals surface area contributed by atoms with Gasteiger partial charge in [-0.05, 0) is 6.42 Å². The van der Waals surface area contributed by atoms with Crippen molar-refractivity contribution in [1.82, 2.24) is 9.55 Å². The molecular formula is C11H20N3O14P3. The summed E-state index contributed by atoms with van der Waals surface area (Å²) in [6.45, 7) is 0.699. The fourth-order valence-corrected chi connectivity index (χ4v) is 5.57. The van der Waals surface area contributed by atoms with Gasteiger partial charge < -0.3 is 40.3 Å². The molecule has 0 spiro atoms. The second-order valence-electron chi connectivity index (χ2n) is 6.13. The Morgan fingerprint density at radius 3 is 2.29 bits per heavy atom. The van der Waals surface area contributed by atoms with E-state index in [2.05, 4.69) is 18.1 Å². The topological polar surface area (TPSA) is 270 Å². The summed E-state index contributed by atoms with van der Waals surface area (Å²) in [4.78, 5) is 51.1. The van der Waals surface area contributed by atoms with Crippen LogP contribution in [-0.2, 0) is 38.0 Å². The third kappa shape index (κ3) is 6.97. The molecular weight excluding hydrogens is 491 g/mol. The molecule has 2 heterocycles. The summed E-state index contributed by atoms with van der Waals surface area (Å²) in [7, 11) is -16.8. The second-order valence-corrected chi connectivity index (χ2v) is 10.5. The van der Waals surface area contributed by atoms with Gasteiger partial charge in [-0.3, -0.25) is 9.09 Å². The maximum atomic E-state index is 12.1. The Morgan fingerprint density at radius 1 is 1.13 bits per heavy atom. The highest BCUT2D eigenvalue weighted by atomic mass is 31.3. The number of hydrogen-bond donors (Lipinski definition) is 7. The summed E-state index contributed by atoms with van der Waals surface area (Å²) < 4.78 is 51.2. The second kappa shape index (κ2) is 9.45. The number of nitrogen functional groups attached to an aromatic ring is 1. The molecule has 1 aromatic heterocycles. The molecule has 31 heavy (non-hydrogen) atoms. The van der Waals surface area contributed by atoms with Crippen LogP contribution >= 0.6 is 23.5 Å². The van der Waals surface area contributed by atoms with Crippen LogP contribution in [0.15, 0.2) is 11.0 Å². The smallest absolute Gasteiger partial charge is 0.387 e. The lowest BCUT2D eigenvalue weighted by molar-refractivity contribution is -0.0542. The summed E-state index contributed by atoms with van der Waals surface area (Å²) in [5, 5.41) is 20.3. The van der Waals surface area contributed by atoms with Gasteiger partial charge in [-0.2, -0.15) is 13.6 Å². The zero-order chi connectivity index (χ0) is 23.8. The predicted molar refractivity (Wildman–Crippen MR) is 98.0 cm³/mol. The van der Waals surface area contributed by atoms with Gasteiger partial charge in [0.2, 0.25) is 0 Å². The summed E-state index contributed by atoms with van der Waals surface area (Å²) in [6.07, 6.45) is -4.89. The van der Waals surface area contributed by atoms with Crippen molar-refractivity contribution in [2.45, 2.75) is 37.9 Å². The highest BCUT2D eigenvalue weighted by molar-refractivity contribution is 7.66. The molecule has 0 saturated carbocycles. The standard InChI is InChI=1S/C11H20N3O14P3/c1-2-5-3-14(11(17)13-9(5)12)10-8(16)7(15)6(26-10)4-25-30(21,22)28-31(23,24)27-29(18,19)20/h3,6-8,10,15-16H,2,4H2,1H3,(H,21,22)(H,23,24)(H2,12,13,17)(H2,18,19,20)/t6-,7?,8+,10-/m1/s1. The average Bonchev–Trinajstić information content (AvgIpc) is 2.85. The van der Waals surface area contributed by atoms with Crippen LogP contribution in [0.3, 0.4) is 0 Å². The van der Waals surface area contributed by atoms with Gasteiger partial charge in [-0.1, -0.05) is 6.92 Å². The minimum atomic E-state index is -5.72. The van der Waals surface area contributed by atoms with Gasteiger partial charge in [0.15, 0.2) is 6.23 Å². The van der Waals surface area contributed by atoms with Gasteiger partial charge in [0.05, 0.1) is 6.61 Å². The SMILES string of the molecule is CCc1cn([C@@H]2O[C@H](COP(=O)(O)OP(=O)(O)OP(=O)(O)O)C(O)[C@@H]2O)c(=O)nc1N. The van der Waals surface area contributed by atoms with Crippen LogP contribution in [-0.4, -0.2) is 64.3 Å². The number of aryl methyl sites for hydroxylation is 1. The number of aromatic nitrogens is 2. The molecule has 6 atom stereocenters. The normalized spacial score (nSPS) is 28.2. The minimum absolute atomic E-state index is 0.0407. The summed E-state index contributed by atoms with van der Waals surface area (Å²) in [6, 6.07) is 0. The maximum Gasteiger partial charge on any atom is 0.490 e. The summed E-state index contributed by atoms with van der Waals surface area (Å²) in [5.41, 5.74) is 5.12. The third-order valence-electron chi connectivity index (χ3n) is 3.87. The number of nitrogens with two attached hydrogens (primary N) is 1. The first-order valence-electron chi connectivity index (χ1n) is 8.22. The monoisotopic (exact) mass is 511 g/mol. The highest BCUT2D eigenvalue weighted by Crippen LogP contribution is 2.66. The number of anilines is 1. The van der Waals surface area contributed by atoms with E-state index < -0.39 is 60.3 Å². The molecule has 1 aromatic rings. The lowest BCUT2D eigenvalue weighted by Gasteiger charge is -2.19. The van der Waals surface area contributed by atoms with Crippen LogP contribution in [0, 0.1) is 0 Å². The van der Waals surface area contributed by atoms with Crippen molar-refractivity contribution in [3.8, 4) is 0 Å². The Hall–Kier alpha value is -1.03. The number of hydrogen-bond acceptors (Lipinski definition) is 12. The van der Waals surface area contributed by atoms with Gasteiger partial charge in [-0.15, -0.1) is 0 Å². The van der Waals surface area contributed by atoms with Crippen molar-refractivity contribution in [3.05, 3.63) is 22.2 Å². The van der Waals surface area contributed by atoms with Crippen LogP contribution in [0.25, 0.3) is 0 Å². The number of phosphoric ester groups is 1. The Labute approximate surface area is 173 Å². The lowest BCUT2D eigenvalue weighted by atomic mass is 10.1. The molecule has 3 unspecified atom stereocenters. The molecule has 1 aliphatic rings. The number of aliphatic hydroxyl groups is 2. The molecule has 20 heteroatoms. The van der Waals surface area contributed by atoms with Crippen LogP contribution < -0.4 is 11.4 Å². The molecule has 17 nitrogen and oxygen atoms in total. The molecule has 8 N–H and O–H groups in total. The van der Waals surface area contributed by atoms with Crippen molar-refractivity contribution in [3.63, 3.8) is 0 Å². The van der Waals surface area contributed by atoms with Crippen molar-refractivity contribution in [1.29, 1.82) is 0 Å². The van der Waals surface area contributed by atoms with E-state index in [0.29, 0.717) is 12.0 Å². The molecule has 0 radical (unpaired) electrons. The fourth-order valence-electron chi connectivity index (χ4n) is 2.54. The van der Waals surface area contributed by atoms with Crippen LogP contribution in [0.2, 0.25) is 0 Å². The van der Waals surface area contributed by atoms with E-state index >= 15 is 0 Å². The zero-order valence-electron chi connectivity index (χ0n) is 15.6. The predicted octanol–water partition coefficient (Wildman–Crippen LogP) is -1.65. The maximum absolute atomic E-state index is 12.1. The molecule has 2 rings (SSSR count).